The molecule has 0 bridgehead atoms. The number of carbonyl (C=O) groups is 1. The number of pyridine rings is 1. The van der Waals surface area contributed by atoms with E-state index in [-0.39, 0.29) is 6.04 Å². The number of hydrogen-bond acceptors (Lipinski definition) is 3. The highest BCUT2D eigenvalue weighted by molar-refractivity contribution is 5.53. The normalized spacial score (nSPS) is 20.8. The number of nitrogens with zero attached hydrogens (tertiary/aromatic N) is 2. The minimum absolute atomic E-state index is 0.183. The Balaban J connectivity index is 2.23. The van der Waals surface area contributed by atoms with Gasteiger partial charge in [0.15, 0.2) is 0 Å². The molecule has 0 aliphatic carbocycles. The minimum atomic E-state index is 0.183. The Morgan fingerprint density at radius 1 is 1.67 bits per heavy atom. The van der Waals surface area contributed by atoms with Crippen LogP contribution in [0.5, 0.6) is 0 Å². The van der Waals surface area contributed by atoms with E-state index < -0.39 is 0 Å². The monoisotopic (exact) mass is 247 g/mol. The van der Waals surface area contributed by atoms with Crippen LogP contribution in [0.1, 0.15) is 44.7 Å². The molecule has 1 N–H and O–H groups in total. The van der Waals surface area contributed by atoms with Crippen molar-refractivity contribution in [2.45, 2.75) is 45.2 Å². The summed E-state index contributed by atoms with van der Waals surface area (Å²) >= 11 is 0. The first kappa shape index (κ1) is 12.9. The molecular formula is C14H21N3O. The fourth-order valence-electron chi connectivity index (χ4n) is 2.39. The summed E-state index contributed by atoms with van der Waals surface area (Å²) in [6, 6.07) is 4.59. The molecule has 1 aromatic heterocycles. The van der Waals surface area contributed by atoms with Crippen molar-refractivity contribution in [3.63, 3.8) is 0 Å². The number of aromatic nitrogens is 1. The highest BCUT2D eigenvalue weighted by Crippen LogP contribution is 2.34. The predicted molar refractivity (Wildman–Crippen MR) is 72.4 cm³/mol. The van der Waals surface area contributed by atoms with Gasteiger partial charge in [-0.2, -0.15) is 0 Å². The lowest BCUT2D eigenvalue weighted by atomic mass is 10.1. The Bertz CT molecular complexity index is 408. The number of amides is 1. The van der Waals surface area contributed by atoms with Crippen molar-refractivity contribution >= 4 is 12.2 Å². The molecule has 0 saturated carbocycles. The summed E-state index contributed by atoms with van der Waals surface area (Å²) in [4.78, 5) is 17.4. The molecule has 1 aromatic rings. The van der Waals surface area contributed by atoms with Crippen LogP contribution >= 0.6 is 0 Å². The molecule has 18 heavy (non-hydrogen) atoms. The van der Waals surface area contributed by atoms with Crippen LogP contribution in [0.2, 0.25) is 0 Å². The highest BCUT2D eigenvalue weighted by atomic mass is 16.1. The zero-order chi connectivity index (χ0) is 13.0. The van der Waals surface area contributed by atoms with Gasteiger partial charge < -0.3 is 10.2 Å². The van der Waals surface area contributed by atoms with Gasteiger partial charge >= 0.3 is 0 Å². The average molecular weight is 247 g/mol. The van der Waals surface area contributed by atoms with Gasteiger partial charge in [0.2, 0.25) is 6.41 Å². The van der Waals surface area contributed by atoms with Crippen molar-refractivity contribution in [1.29, 1.82) is 0 Å². The Morgan fingerprint density at radius 2 is 2.50 bits per heavy atom. The Labute approximate surface area is 108 Å². The fraction of sp³-hybridized carbons (Fsp3) is 0.571. The molecule has 1 amide bonds. The standard InChI is InChI=1S/C14H21N3O/c1-3-11(2)16-14-12(6-4-8-15-14)13-7-5-9-17(13)10-18/h4,6,8,10-11,13H,3,5,7,9H2,1-2H3,(H,15,16)/t11-,13+/m0/s1. The van der Waals surface area contributed by atoms with Crippen LogP contribution in [-0.4, -0.2) is 28.9 Å². The van der Waals surface area contributed by atoms with E-state index in [1.165, 1.54) is 0 Å². The van der Waals surface area contributed by atoms with E-state index in [2.05, 4.69) is 30.2 Å². The molecule has 4 heteroatoms. The molecule has 2 atom stereocenters. The van der Waals surface area contributed by atoms with Crippen LogP contribution in [0.25, 0.3) is 0 Å². The van der Waals surface area contributed by atoms with Crippen molar-refractivity contribution in [3.8, 4) is 0 Å². The first-order valence-electron chi connectivity index (χ1n) is 6.68. The van der Waals surface area contributed by atoms with Crippen LogP contribution in [-0.2, 0) is 4.79 Å². The maximum atomic E-state index is 11.1. The molecule has 1 aliphatic rings. The lowest BCUT2D eigenvalue weighted by molar-refractivity contribution is -0.118. The van der Waals surface area contributed by atoms with Crippen LogP contribution < -0.4 is 5.32 Å². The van der Waals surface area contributed by atoms with E-state index in [1.807, 2.05) is 11.0 Å². The van der Waals surface area contributed by atoms with Gasteiger partial charge in [-0.15, -0.1) is 0 Å². The van der Waals surface area contributed by atoms with Gasteiger partial charge in [-0.05, 0) is 32.3 Å². The summed E-state index contributed by atoms with van der Waals surface area (Å²) in [5, 5.41) is 3.43. The minimum Gasteiger partial charge on any atom is -0.367 e. The highest BCUT2D eigenvalue weighted by Gasteiger charge is 2.27. The summed E-state index contributed by atoms with van der Waals surface area (Å²) in [7, 11) is 0. The van der Waals surface area contributed by atoms with E-state index >= 15 is 0 Å². The van der Waals surface area contributed by atoms with Crippen molar-refractivity contribution < 1.29 is 4.79 Å². The largest absolute Gasteiger partial charge is 0.367 e. The van der Waals surface area contributed by atoms with E-state index in [4.69, 9.17) is 0 Å². The van der Waals surface area contributed by atoms with Gasteiger partial charge in [0.25, 0.3) is 0 Å². The molecule has 0 aromatic carbocycles. The molecule has 1 saturated heterocycles. The Hall–Kier alpha value is -1.58. The summed E-state index contributed by atoms with van der Waals surface area (Å²) in [5.41, 5.74) is 1.14. The zero-order valence-corrected chi connectivity index (χ0v) is 11.1. The number of carbonyl (C=O) groups excluding carboxylic acids is 1. The number of likely N-dealkylation sites (tertiary alicyclic amines) is 1. The average Bonchev–Trinajstić information content (AvgIpc) is 2.87. The van der Waals surface area contributed by atoms with Crippen molar-refractivity contribution in [3.05, 3.63) is 23.9 Å². The molecule has 1 aliphatic heterocycles. The van der Waals surface area contributed by atoms with Crippen LogP contribution in [0.4, 0.5) is 5.82 Å². The second-order valence-electron chi connectivity index (χ2n) is 4.90. The number of rotatable bonds is 5. The van der Waals surface area contributed by atoms with Gasteiger partial charge in [-0.25, -0.2) is 4.98 Å². The van der Waals surface area contributed by atoms with Crippen LogP contribution in [0.3, 0.4) is 0 Å². The van der Waals surface area contributed by atoms with Gasteiger partial charge in [0, 0.05) is 24.3 Å². The SMILES string of the molecule is CC[C@H](C)Nc1ncccc1[C@H]1CCCN1C=O. The predicted octanol–water partition coefficient (Wildman–Crippen LogP) is 2.59. The molecule has 0 radical (unpaired) electrons. The molecular weight excluding hydrogens is 226 g/mol. The van der Waals surface area contributed by atoms with Gasteiger partial charge in [0.05, 0.1) is 6.04 Å². The lowest BCUT2D eigenvalue weighted by Crippen LogP contribution is -2.23. The van der Waals surface area contributed by atoms with Gasteiger partial charge in [-0.1, -0.05) is 13.0 Å². The van der Waals surface area contributed by atoms with E-state index in [0.717, 1.165) is 43.6 Å². The maximum absolute atomic E-state index is 11.1. The van der Waals surface area contributed by atoms with Crippen molar-refractivity contribution in [2.75, 3.05) is 11.9 Å². The molecule has 2 heterocycles. The lowest BCUT2D eigenvalue weighted by Gasteiger charge is -2.24. The molecule has 4 nitrogen and oxygen atoms in total. The molecule has 98 valence electrons. The second kappa shape index (κ2) is 5.85. The first-order chi connectivity index (χ1) is 8.76. The zero-order valence-electron chi connectivity index (χ0n) is 11.1. The topological polar surface area (TPSA) is 45.2 Å². The van der Waals surface area contributed by atoms with Gasteiger partial charge in [-0.3, -0.25) is 4.79 Å². The second-order valence-corrected chi connectivity index (χ2v) is 4.90. The van der Waals surface area contributed by atoms with Crippen molar-refractivity contribution in [1.82, 2.24) is 9.88 Å². The quantitative estimate of drug-likeness (QED) is 0.813. The summed E-state index contributed by atoms with van der Waals surface area (Å²) in [5.74, 6) is 0.922. The number of anilines is 1. The van der Waals surface area contributed by atoms with E-state index in [0.29, 0.717) is 6.04 Å². The molecule has 1 fully saturated rings. The first-order valence-corrected chi connectivity index (χ1v) is 6.68. The third kappa shape index (κ3) is 2.63. The summed E-state index contributed by atoms with van der Waals surface area (Å²) < 4.78 is 0. The summed E-state index contributed by atoms with van der Waals surface area (Å²) in [6.45, 7) is 5.14. The van der Waals surface area contributed by atoms with Gasteiger partial charge in [0.1, 0.15) is 5.82 Å². The molecule has 2 rings (SSSR count). The Kier molecular flexibility index (Phi) is 4.18. The van der Waals surface area contributed by atoms with Crippen molar-refractivity contribution in [2.24, 2.45) is 0 Å². The third-order valence-corrected chi connectivity index (χ3v) is 3.62. The fourth-order valence-corrected chi connectivity index (χ4v) is 2.39. The maximum Gasteiger partial charge on any atom is 0.210 e. The third-order valence-electron chi connectivity index (χ3n) is 3.62. The Morgan fingerprint density at radius 3 is 3.22 bits per heavy atom. The molecule has 0 unspecified atom stereocenters. The van der Waals surface area contributed by atoms with Crippen LogP contribution in [0.15, 0.2) is 18.3 Å². The van der Waals surface area contributed by atoms with E-state index in [9.17, 15) is 4.79 Å². The molecule has 0 spiro atoms. The number of nitrogens with one attached hydrogen (secondary N) is 1. The number of hydrogen-bond donors (Lipinski definition) is 1. The summed E-state index contributed by atoms with van der Waals surface area (Å²) in [6.07, 6.45) is 5.91. The smallest absolute Gasteiger partial charge is 0.210 e. The van der Waals surface area contributed by atoms with Crippen LogP contribution in [0, 0.1) is 0 Å². The van der Waals surface area contributed by atoms with E-state index in [1.54, 1.807) is 6.20 Å².